The molecule has 0 aromatic rings. The second-order valence-electron chi connectivity index (χ2n) is 4.08. The van der Waals surface area contributed by atoms with E-state index < -0.39 is 0 Å². The molecule has 0 aliphatic carbocycles. The van der Waals surface area contributed by atoms with Gasteiger partial charge in [0.05, 0.1) is 19.3 Å². The summed E-state index contributed by atoms with van der Waals surface area (Å²) in [7, 11) is 0. The molecular weight excluding hydrogens is 166 g/mol. The fraction of sp³-hybridized carbons (Fsp3) is 1.00. The molecule has 76 valence electrons. The predicted molar refractivity (Wildman–Crippen MR) is 50.7 cm³/mol. The van der Waals surface area contributed by atoms with Crippen LogP contribution in [0, 0.1) is 11.8 Å². The van der Waals surface area contributed by atoms with E-state index in [-0.39, 0.29) is 0 Å². The first-order valence-electron chi connectivity index (χ1n) is 5.25. The molecule has 2 aliphatic rings. The molecule has 2 heterocycles. The van der Waals surface area contributed by atoms with E-state index in [1.807, 2.05) is 0 Å². The SMILES string of the molecule is CCOC1C2CNC(C)C1COC2. The third-order valence-electron chi connectivity index (χ3n) is 3.23. The van der Waals surface area contributed by atoms with Crippen molar-refractivity contribution < 1.29 is 9.47 Å². The maximum Gasteiger partial charge on any atom is 0.0702 e. The highest BCUT2D eigenvalue weighted by Crippen LogP contribution is 2.29. The monoisotopic (exact) mass is 185 g/mol. The van der Waals surface area contributed by atoms with E-state index >= 15 is 0 Å². The lowest BCUT2D eigenvalue weighted by atomic mass is 9.81. The zero-order valence-corrected chi connectivity index (χ0v) is 8.45. The molecule has 0 aromatic carbocycles. The van der Waals surface area contributed by atoms with Gasteiger partial charge in [0.25, 0.3) is 0 Å². The largest absolute Gasteiger partial charge is 0.381 e. The summed E-state index contributed by atoms with van der Waals surface area (Å²) in [6.07, 6.45) is 0.426. The van der Waals surface area contributed by atoms with Gasteiger partial charge >= 0.3 is 0 Å². The Morgan fingerprint density at radius 3 is 3.08 bits per heavy atom. The zero-order valence-electron chi connectivity index (χ0n) is 8.45. The molecule has 2 saturated heterocycles. The van der Waals surface area contributed by atoms with E-state index in [9.17, 15) is 0 Å². The van der Waals surface area contributed by atoms with E-state index in [1.54, 1.807) is 0 Å². The van der Waals surface area contributed by atoms with Crippen LogP contribution in [0.25, 0.3) is 0 Å². The Labute approximate surface area is 79.8 Å². The molecule has 3 heteroatoms. The molecular formula is C10H19NO2. The maximum atomic E-state index is 5.80. The molecule has 2 bridgehead atoms. The van der Waals surface area contributed by atoms with Gasteiger partial charge in [0.15, 0.2) is 0 Å². The van der Waals surface area contributed by atoms with Crippen molar-refractivity contribution in [1.82, 2.24) is 5.32 Å². The second kappa shape index (κ2) is 3.95. The van der Waals surface area contributed by atoms with Gasteiger partial charge in [0.1, 0.15) is 0 Å². The number of piperidine rings is 1. The predicted octanol–water partition coefficient (Wildman–Crippen LogP) is 0.646. The summed E-state index contributed by atoms with van der Waals surface area (Å²) in [5.41, 5.74) is 0. The summed E-state index contributed by atoms with van der Waals surface area (Å²) in [5, 5.41) is 3.51. The van der Waals surface area contributed by atoms with Crippen LogP contribution in [0.3, 0.4) is 0 Å². The minimum atomic E-state index is 0.426. The van der Waals surface area contributed by atoms with Gasteiger partial charge in [-0.3, -0.25) is 0 Å². The van der Waals surface area contributed by atoms with Crippen LogP contribution in [0.4, 0.5) is 0 Å². The lowest BCUT2D eigenvalue weighted by Crippen LogP contribution is -2.59. The van der Waals surface area contributed by atoms with Crippen molar-refractivity contribution >= 4 is 0 Å². The molecule has 2 aliphatic heterocycles. The highest BCUT2D eigenvalue weighted by atomic mass is 16.5. The van der Waals surface area contributed by atoms with Crippen LogP contribution in [-0.4, -0.2) is 38.5 Å². The van der Waals surface area contributed by atoms with Crippen LogP contribution in [0.1, 0.15) is 13.8 Å². The summed E-state index contributed by atoms with van der Waals surface area (Å²) in [6, 6.07) is 0.535. The smallest absolute Gasteiger partial charge is 0.0702 e. The van der Waals surface area contributed by atoms with Gasteiger partial charge < -0.3 is 14.8 Å². The third-order valence-corrected chi connectivity index (χ3v) is 3.23. The van der Waals surface area contributed by atoms with E-state index in [0.717, 1.165) is 26.4 Å². The standard InChI is InChI=1S/C10H19NO2/c1-3-13-10-8-4-11-7(2)9(10)6-12-5-8/h7-11H,3-6H2,1-2H3. The molecule has 4 unspecified atom stereocenters. The van der Waals surface area contributed by atoms with Gasteiger partial charge in [-0.25, -0.2) is 0 Å². The summed E-state index contributed by atoms with van der Waals surface area (Å²) in [5.74, 6) is 1.11. The van der Waals surface area contributed by atoms with Crippen LogP contribution >= 0.6 is 0 Å². The molecule has 2 rings (SSSR count). The minimum absolute atomic E-state index is 0.426. The number of hydrogen-bond acceptors (Lipinski definition) is 3. The van der Waals surface area contributed by atoms with Gasteiger partial charge in [-0.05, 0) is 13.8 Å². The first kappa shape index (κ1) is 9.44. The molecule has 1 N–H and O–H groups in total. The Kier molecular flexibility index (Phi) is 2.86. The average molecular weight is 185 g/mol. The van der Waals surface area contributed by atoms with Gasteiger partial charge in [-0.1, -0.05) is 0 Å². The van der Waals surface area contributed by atoms with Gasteiger partial charge in [-0.2, -0.15) is 0 Å². The quantitative estimate of drug-likeness (QED) is 0.685. The molecule has 4 atom stereocenters. The van der Waals surface area contributed by atoms with E-state index in [2.05, 4.69) is 19.2 Å². The van der Waals surface area contributed by atoms with Crippen molar-refractivity contribution in [2.75, 3.05) is 26.4 Å². The Balaban J connectivity index is 2.04. The van der Waals surface area contributed by atoms with Crippen molar-refractivity contribution in [3.05, 3.63) is 0 Å². The highest BCUT2D eigenvalue weighted by molar-refractivity contribution is 4.93. The van der Waals surface area contributed by atoms with Gasteiger partial charge in [-0.15, -0.1) is 0 Å². The Morgan fingerprint density at radius 1 is 1.46 bits per heavy atom. The first-order valence-corrected chi connectivity index (χ1v) is 5.25. The maximum absolute atomic E-state index is 5.80. The molecule has 0 aromatic heterocycles. The summed E-state index contributed by atoms with van der Waals surface area (Å²) < 4.78 is 11.4. The molecule has 0 spiro atoms. The van der Waals surface area contributed by atoms with Crippen LogP contribution in [-0.2, 0) is 9.47 Å². The summed E-state index contributed by atoms with van der Waals surface area (Å²) in [4.78, 5) is 0. The molecule has 0 saturated carbocycles. The number of ether oxygens (including phenoxy) is 2. The Morgan fingerprint density at radius 2 is 2.31 bits per heavy atom. The van der Waals surface area contributed by atoms with Crippen molar-refractivity contribution in [3.63, 3.8) is 0 Å². The van der Waals surface area contributed by atoms with Crippen molar-refractivity contribution in [3.8, 4) is 0 Å². The molecule has 0 radical (unpaired) electrons. The zero-order chi connectivity index (χ0) is 9.26. The molecule has 3 nitrogen and oxygen atoms in total. The molecule has 0 amide bonds. The van der Waals surface area contributed by atoms with Crippen LogP contribution in [0.15, 0.2) is 0 Å². The summed E-state index contributed by atoms with van der Waals surface area (Å²) >= 11 is 0. The van der Waals surface area contributed by atoms with Crippen LogP contribution < -0.4 is 5.32 Å². The number of rotatable bonds is 2. The van der Waals surface area contributed by atoms with Gasteiger partial charge in [0, 0.05) is 31.0 Å². The summed E-state index contributed by atoms with van der Waals surface area (Å²) in [6.45, 7) is 7.88. The number of fused-ring (bicyclic) bond motifs is 2. The van der Waals surface area contributed by atoms with E-state index in [1.165, 1.54) is 0 Å². The first-order chi connectivity index (χ1) is 6.33. The van der Waals surface area contributed by atoms with Crippen molar-refractivity contribution in [2.45, 2.75) is 26.0 Å². The number of nitrogens with one attached hydrogen (secondary N) is 1. The number of hydrogen-bond donors (Lipinski definition) is 1. The molecule has 2 fully saturated rings. The molecule has 13 heavy (non-hydrogen) atoms. The van der Waals surface area contributed by atoms with Crippen molar-refractivity contribution in [2.24, 2.45) is 11.8 Å². The topological polar surface area (TPSA) is 30.5 Å². The second-order valence-corrected chi connectivity index (χ2v) is 4.08. The van der Waals surface area contributed by atoms with E-state index in [0.29, 0.717) is 24.0 Å². The normalized spacial score (nSPS) is 44.8. The minimum Gasteiger partial charge on any atom is -0.381 e. The van der Waals surface area contributed by atoms with Gasteiger partial charge in [0.2, 0.25) is 0 Å². The van der Waals surface area contributed by atoms with Crippen molar-refractivity contribution in [1.29, 1.82) is 0 Å². The Bertz CT molecular complexity index is 174. The van der Waals surface area contributed by atoms with E-state index in [4.69, 9.17) is 9.47 Å². The lowest BCUT2D eigenvalue weighted by Gasteiger charge is -2.45. The average Bonchev–Trinajstić information content (AvgIpc) is 2.13. The fourth-order valence-corrected chi connectivity index (χ4v) is 2.44. The fourth-order valence-electron chi connectivity index (χ4n) is 2.44. The lowest BCUT2D eigenvalue weighted by molar-refractivity contribution is -0.134. The Hall–Kier alpha value is -0.120. The van der Waals surface area contributed by atoms with Crippen LogP contribution in [0.2, 0.25) is 0 Å². The van der Waals surface area contributed by atoms with Crippen LogP contribution in [0.5, 0.6) is 0 Å². The third kappa shape index (κ3) is 1.73. The highest BCUT2D eigenvalue weighted by Gasteiger charge is 2.41.